The van der Waals surface area contributed by atoms with Crippen LogP contribution in [0.5, 0.6) is 0 Å². The zero-order valence-corrected chi connectivity index (χ0v) is 7.36. The molecule has 70 valence electrons. The number of nitrogen functional groups attached to an aromatic ring is 1. The van der Waals surface area contributed by atoms with Gasteiger partial charge in [-0.2, -0.15) is 0 Å². The molecule has 0 aliphatic carbocycles. The van der Waals surface area contributed by atoms with Crippen LogP contribution in [-0.4, -0.2) is 14.8 Å². The molecule has 1 aromatic heterocycles. The molecule has 13 heavy (non-hydrogen) atoms. The summed E-state index contributed by atoms with van der Waals surface area (Å²) in [6, 6.07) is 0. The molecule has 0 amide bonds. The molecule has 0 aromatic carbocycles. The first-order chi connectivity index (χ1) is 6.20. The Morgan fingerprint density at radius 2 is 2.46 bits per heavy atom. The van der Waals surface area contributed by atoms with E-state index >= 15 is 0 Å². The van der Waals surface area contributed by atoms with E-state index < -0.39 is 0 Å². The number of aliphatic hydroxyl groups excluding tert-OH is 1. The van der Waals surface area contributed by atoms with Gasteiger partial charge in [-0.25, -0.2) is 9.66 Å². The molecular formula is C8H12N4O. The summed E-state index contributed by atoms with van der Waals surface area (Å²) in [5.74, 6) is 5.55. The van der Waals surface area contributed by atoms with Crippen molar-refractivity contribution in [2.75, 3.05) is 5.84 Å². The summed E-state index contributed by atoms with van der Waals surface area (Å²) in [7, 11) is 0. The maximum atomic E-state index is 8.70. The Morgan fingerprint density at radius 1 is 1.77 bits per heavy atom. The van der Waals surface area contributed by atoms with E-state index in [0.717, 1.165) is 17.4 Å². The van der Waals surface area contributed by atoms with E-state index in [2.05, 4.69) is 4.98 Å². The summed E-state index contributed by atoms with van der Waals surface area (Å²) < 4.78 is 1.13. The molecule has 0 saturated heterocycles. The summed E-state index contributed by atoms with van der Waals surface area (Å²) in [5.41, 5.74) is 0.565. The van der Waals surface area contributed by atoms with E-state index in [1.54, 1.807) is 6.08 Å². The normalized spacial score (nSPS) is 13.6. The van der Waals surface area contributed by atoms with E-state index in [9.17, 15) is 0 Å². The first kappa shape index (κ1) is 9.31. The second-order valence-electron chi connectivity index (χ2n) is 2.53. The molecule has 0 atom stereocenters. The van der Waals surface area contributed by atoms with Crippen LogP contribution in [0.2, 0.25) is 0 Å². The number of hydrogen-bond donors (Lipinski definition) is 3. The number of nitrogens with one attached hydrogen (secondary N) is 1. The highest BCUT2D eigenvalue weighted by Gasteiger charge is 1.91. The van der Waals surface area contributed by atoms with Crippen molar-refractivity contribution in [3.05, 3.63) is 22.4 Å². The number of aromatic nitrogens is 2. The van der Waals surface area contributed by atoms with Gasteiger partial charge in [0.25, 0.3) is 0 Å². The second-order valence-corrected chi connectivity index (χ2v) is 2.53. The first-order valence-corrected chi connectivity index (χ1v) is 3.93. The lowest BCUT2D eigenvalue weighted by Crippen LogP contribution is -2.48. The lowest BCUT2D eigenvalue weighted by Gasteiger charge is -1.98. The van der Waals surface area contributed by atoms with Crippen LogP contribution in [0.25, 0.3) is 12.3 Å². The molecule has 0 radical (unpaired) electrons. The average molecular weight is 180 g/mol. The summed E-state index contributed by atoms with van der Waals surface area (Å²) >= 11 is 0. The Kier molecular flexibility index (Phi) is 2.69. The minimum Gasteiger partial charge on any atom is -0.515 e. The van der Waals surface area contributed by atoms with Crippen molar-refractivity contribution in [2.24, 2.45) is 0 Å². The zero-order chi connectivity index (χ0) is 9.84. The Labute approximate surface area is 75.0 Å². The van der Waals surface area contributed by atoms with Crippen molar-refractivity contribution in [3.8, 4) is 0 Å². The molecule has 1 rings (SSSR count). The maximum Gasteiger partial charge on any atom is 0.157 e. The van der Waals surface area contributed by atoms with E-state index in [4.69, 9.17) is 16.4 Å². The Morgan fingerprint density at radius 3 is 3.00 bits per heavy atom. The SMILES string of the molecule is CC/C=c1/ncc(=CO)c(=N)n1N. The molecule has 0 unspecified atom stereocenters. The molecule has 0 aliphatic heterocycles. The van der Waals surface area contributed by atoms with Crippen molar-refractivity contribution in [1.29, 1.82) is 5.41 Å². The number of aliphatic hydroxyl groups is 1. The summed E-state index contributed by atoms with van der Waals surface area (Å²) in [6.45, 7) is 1.96. The fourth-order valence-corrected chi connectivity index (χ4v) is 0.941. The highest BCUT2D eigenvalue weighted by atomic mass is 16.2. The molecule has 5 heteroatoms. The summed E-state index contributed by atoms with van der Waals surface area (Å²) in [5, 5.41) is 16.5. The van der Waals surface area contributed by atoms with E-state index in [1.165, 1.54) is 6.20 Å². The average Bonchev–Trinajstić information content (AvgIpc) is 2.14. The highest BCUT2D eigenvalue weighted by Crippen LogP contribution is 1.71. The molecule has 5 nitrogen and oxygen atoms in total. The van der Waals surface area contributed by atoms with Crippen molar-refractivity contribution >= 4 is 12.3 Å². The predicted molar refractivity (Wildman–Crippen MR) is 49.3 cm³/mol. The third kappa shape index (κ3) is 1.69. The largest absolute Gasteiger partial charge is 0.515 e. The zero-order valence-electron chi connectivity index (χ0n) is 7.36. The van der Waals surface area contributed by atoms with E-state index in [0.29, 0.717) is 10.7 Å². The van der Waals surface area contributed by atoms with Gasteiger partial charge in [0.1, 0.15) is 5.48 Å². The number of rotatable bonds is 1. The molecule has 0 fully saturated rings. The van der Waals surface area contributed by atoms with E-state index in [-0.39, 0.29) is 5.49 Å². The molecule has 1 aromatic rings. The van der Waals surface area contributed by atoms with Crippen LogP contribution in [0, 0.1) is 5.41 Å². The molecular weight excluding hydrogens is 168 g/mol. The van der Waals surface area contributed by atoms with Gasteiger partial charge in [0.2, 0.25) is 0 Å². The molecule has 4 N–H and O–H groups in total. The second kappa shape index (κ2) is 3.75. The molecule has 0 aliphatic rings. The fraction of sp³-hybridized carbons (Fsp3) is 0.250. The smallest absolute Gasteiger partial charge is 0.157 e. The third-order valence-corrected chi connectivity index (χ3v) is 1.62. The Balaban J connectivity index is 3.60. The van der Waals surface area contributed by atoms with Crippen molar-refractivity contribution in [2.45, 2.75) is 13.3 Å². The molecule has 1 heterocycles. The van der Waals surface area contributed by atoms with Gasteiger partial charge in [-0.1, -0.05) is 6.92 Å². The lowest BCUT2D eigenvalue weighted by atomic mass is 10.4. The number of nitrogens with two attached hydrogens (primary N) is 1. The van der Waals surface area contributed by atoms with Crippen LogP contribution in [0.1, 0.15) is 13.3 Å². The third-order valence-electron chi connectivity index (χ3n) is 1.62. The van der Waals surface area contributed by atoms with Gasteiger partial charge in [-0.05, 0) is 12.5 Å². The van der Waals surface area contributed by atoms with Gasteiger partial charge < -0.3 is 10.9 Å². The van der Waals surface area contributed by atoms with Crippen LogP contribution in [-0.2, 0) is 0 Å². The van der Waals surface area contributed by atoms with Gasteiger partial charge >= 0.3 is 0 Å². The fourth-order valence-electron chi connectivity index (χ4n) is 0.941. The minimum absolute atomic E-state index is 0.0391. The first-order valence-electron chi connectivity index (χ1n) is 3.93. The van der Waals surface area contributed by atoms with E-state index in [1.807, 2.05) is 6.92 Å². The summed E-state index contributed by atoms with van der Waals surface area (Å²) in [6.07, 6.45) is 4.83. The standard InChI is InChI=1S/C8H12N4O/c1-2-3-7-11-4-6(5-13)8(9)12(7)10/h3-5,9,13H,2,10H2,1H3/b6-5?,7-3-,9-8?. The van der Waals surface area contributed by atoms with Gasteiger partial charge in [0.05, 0.1) is 11.5 Å². The van der Waals surface area contributed by atoms with Crippen molar-refractivity contribution in [3.63, 3.8) is 0 Å². The quantitative estimate of drug-likeness (QED) is 0.463. The van der Waals surface area contributed by atoms with Crippen LogP contribution in [0.15, 0.2) is 6.20 Å². The Hall–Kier alpha value is -1.78. The minimum atomic E-state index is 0.0391. The molecule has 0 spiro atoms. The lowest BCUT2D eigenvalue weighted by molar-refractivity contribution is 0.537. The van der Waals surface area contributed by atoms with Crippen LogP contribution >= 0.6 is 0 Å². The monoisotopic (exact) mass is 180 g/mol. The van der Waals surface area contributed by atoms with Gasteiger partial charge in [0.15, 0.2) is 5.49 Å². The number of hydrogen-bond acceptors (Lipinski definition) is 4. The predicted octanol–water partition coefficient (Wildman–Crippen LogP) is -1.44. The van der Waals surface area contributed by atoms with Crippen LogP contribution in [0.3, 0.4) is 0 Å². The Bertz CT molecular complexity index is 460. The van der Waals surface area contributed by atoms with Gasteiger partial charge in [-0.15, -0.1) is 0 Å². The molecule has 0 saturated carbocycles. The number of nitrogens with zero attached hydrogens (tertiary/aromatic N) is 2. The topological polar surface area (TPSA) is 87.9 Å². The van der Waals surface area contributed by atoms with Crippen LogP contribution in [0.4, 0.5) is 0 Å². The van der Waals surface area contributed by atoms with Gasteiger partial charge in [0, 0.05) is 6.20 Å². The van der Waals surface area contributed by atoms with Crippen molar-refractivity contribution < 1.29 is 5.11 Å². The summed E-state index contributed by atoms with van der Waals surface area (Å²) in [4.78, 5) is 3.97. The molecule has 0 bridgehead atoms. The maximum absolute atomic E-state index is 8.70. The van der Waals surface area contributed by atoms with Crippen LogP contribution < -0.4 is 22.0 Å². The van der Waals surface area contributed by atoms with Crippen molar-refractivity contribution in [1.82, 2.24) is 9.66 Å². The highest BCUT2D eigenvalue weighted by molar-refractivity contribution is 5.15. The van der Waals surface area contributed by atoms with Gasteiger partial charge in [-0.3, -0.25) is 5.41 Å².